The van der Waals surface area contributed by atoms with Crippen molar-refractivity contribution in [3.8, 4) is 17.1 Å². The van der Waals surface area contributed by atoms with Gasteiger partial charge in [0.25, 0.3) is 5.56 Å². The fourth-order valence-corrected chi connectivity index (χ4v) is 6.21. The topological polar surface area (TPSA) is 109 Å². The number of aromatic nitrogens is 1. The van der Waals surface area contributed by atoms with E-state index in [-0.39, 0.29) is 17.7 Å². The number of esters is 2. The summed E-state index contributed by atoms with van der Waals surface area (Å²) in [6.07, 6.45) is 1.63. The minimum absolute atomic E-state index is 0.157. The Kier molecular flexibility index (Phi) is 8.30. The number of nitrogens with zero attached hydrogens (tertiary/aromatic N) is 2. The molecule has 0 amide bonds. The lowest BCUT2D eigenvalue weighted by Gasteiger charge is -2.26. The van der Waals surface area contributed by atoms with Crippen LogP contribution >= 0.6 is 11.3 Å². The molecule has 3 aromatic carbocycles. The maximum Gasteiger partial charge on any atom is 0.338 e. The Hall–Kier alpha value is -5.48. The highest BCUT2D eigenvalue weighted by molar-refractivity contribution is 7.07. The number of hydrogen-bond acceptors (Lipinski definition) is 9. The van der Waals surface area contributed by atoms with Gasteiger partial charge < -0.3 is 18.6 Å². The van der Waals surface area contributed by atoms with E-state index in [1.54, 1.807) is 68.6 Å². The van der Waals surface area contributed by atoms with Crippen LogP contribution in [0.3, 0.4) is 0 Å². The number of benzene rings is 3. The molecule has 1 atom stereocenters. The summed E-state index contributed by atoms with van der Waals surface area (Å²) in [5.41, 5.74) is 2.68. The van der Waals surface area contributed by atoms with Gasteiger partial charge in [0, 0.05) is 17.2 Å². The maximum absolute atomic E-state index is 14.1. The third kappa shape index (κ3) is 5.63. The van der Waals surface area contributed by atoms with Crippen LogP contribution in [0.5, 0.6) is 5.75 Å². The lowest BCUT2D eigenvalue weighted by atomic mass is 9.93. The van der Waals surface area contributed by atoms with E-state index in [0.29, 0.717) is 49.0 Å². The van der Waals surface area contributed by atoms with Crippen LogP contribution in [0.4, 0.5) is 0 Å². The molecule has 10 heteroatoms. The van der Waals surface area contributed by atoms with E-state index in [2.05, 4.69) is 0 Å². The monoisotopic (exact) mass is 620 g/mol. The van der Waals surface area contributed by atoms with Gasteiger partial charge in [-0.05, 0) is 42.8 Å². The SMILES string of the molecule is CCOC(=O)C1=C(c2ccccc2)N=c2s/c(=C/c3ccc(-c4ccccc4C(=O)OC)o3)c(=O)n2[C@@H]1c1ccc(OC)cc1. The predicted molar refractivity (Wildman–Crippen MR) is 170 cm³/mol. The Morgan fingerprint density at radius 1 is 0.933 bits per heavy atom. The Morgan fingerprint density at radius 2 is 1.67 bits per heavy atom. The third-order valence-corrected chi connectivity index (χ3v) is 8.29. The number of fused-ring (bicyclic) bond motifs is 1. The maximum atomic E-state index is 14.1. The van der Waals surface area contributed by atoms with E-state index < -0.39 is 18.0 Å². The molecule has 6 rings (SSSR count). The van der Waals surface area contributed by atoms with Crippen LogP contribution in [-0.2, 0) is 14.3 Å². The summed E-state index contributed by atoms with van der Waals surface area (Å²) in [7, 11) is 2.89. The molecule has 0 unspecified atom stereocenters. The van der Waals surface area contributed by atoms with E-state index in [0.717, 1.165) is 5.56 Å². The fraction of sp³-hybridized carbons (Fsp3) is 0.143. The van der Waals surface area contributed by atoms with Crippen LogP contribution in [-0.4, -0.2) is 37.3 Å². The van der Waals surface area contributed by atoms with Gasteiger partial charge in [-0.15, -0.1) is 0 Å². The molecule has 0 saturated carbocycles. The van der Waals surface area contributed by atoms with Crippen molar-refractivity contribution in [2.75, 3.05) is 20.8 Å². The van der Waals surface area contributed by atoms with Crippen LogP contribution in [0.15, 0.2) is 111 Å². The Bertz CT molecular complexity index is 2110. The zero-order valence-electron chi connectivity index (χ0n) is 24.7. The number of carbonyl (C=O) groups is 2. The quantitative estimate of drug-likeness (QED) is 0.225. The van der Waals surface area contributed by atoms with Gasteiger partial charge in [-0.25, -0.2) is 14.6 Å². The second-order valence-electron chi connectivity index (χ2n) is 9.94. The highest BCUT2D eigenvalue weighted by atomic mass is 32.1. The van der Waals surface area contributed by atoms with Gasteiger partial charge in [0.1, 0.15) is 17.3 Å². The van der Waals surface area contributed by atoms with Crippen molar-refractivity contribution in [2.45, 2.75) is 13.0 Å². The highest BCUT2D eigenvalue weighted by Crippen LogP contribution is 2.36. The summed E-state index contributed by atoms with van der Waals surface area (Å²) in [5.74, 6) is 0.446. The zero-order valence-corrected chi connectivity index (χ0v) is 25.5. The third-order valence-electron chi connectivity index (χ3n) is 7.30. The number of rotatable bonds is 8. The van der Waals surface area contributed by atoms with Gasteiger partial charge in [-0.1, -0.05) is 72.0 Å². The van der Waals surface area contributed by atoms with Gasteiger partial charge in [0.2, 0.25) is 0 Å². The number of furan rings is 1. The van der Waals surface area contributed by atoms with Crippen LogP contribution in [0, 0.1) is 0 Å². The van der Waals surface area contributed by atoms with Crippen molar-refractivity contribution in [1.29, 1.82) is 0 Å². The Morgan fingerprint density at radius 3 is 2.38 bits per heavy atom. The molecule has 1 aliphatic rings. The molecule has 0 N–H and O–H groups in total. The van der Waals surface area contributed by atoms with Gasteiger partial charge >= 0.3 is 11.9 Å². The van der Waals surface area contributed by atoms with Crippen molar-refractivity contribution in [1.82, 2.24) is 4.57 Å². The average molecular weight is 621 g/mol. The first-order valence-electron chi connectivity index (χ1n) is 14.1. The number of hydrogen-bond donors (Lipinski definition) is 0. The molecule has 45 heavy (non-hydrogen) atoms. The summed E-state index contributed by atoms with van der Waals surface area (Å²) in [6, 6.07) is 26.2. The average Bonchev–Trinajstić information content (AvgIpc) is 3.68. The Labute approximate surface area is 262 Å². The highest BCUT2D eigenvalue weighted by Gasteiger charge is 2.35. The van der Waals surface area contributed by atoms with Crippen LogP contribution in [0.1, 0.15) is 40.2 Å². The van der Waals surface area contributed by atoms with Gasteiger partial charge in [-0.3, -0.25) is 9.36 Å². The van der Waals surface area contributed by atoms with Crippen LogP contribution in [0.2, 0.25) is 0 Å². The molecule has 226 valence electrons. The van der Waals surface area contributed by atoms with Crippen molar-refractivity contribution in [2.24, 2.45) is 4.99 Å². The van der Waals surface area contributed by atoms with Gasteiger partial charge in [0.05, 0.1) is 48.2 Å². The Balaban J connectivity index is 1.54. The summed E-state index contributed by atoms with van der Waals surface area (Å²) in [4.78, 5) is 45.3. The molecular weight excluding hydrogens is 592 g/mol. The van der Waals surface area contributed by atoms with Gasteiger partial charge in [0.15, 0.2) is 4.80 Å². The summed E-state index contributed by atoms with van der Waals surface area (Å²) in [6.45, 7) is 1.89. The molecule has 1 aliphatic heterocycles. The molecule has 0 bridgehead atoms. The van der Waals surface area contributed by atoms with Crippen LogP contribution < -0.4 is 19.6 Å². The van der Waals surface area contributed by atoms with Crippen molar-refractivity contribution in [3.63, 3.8) is 0 Å². The molecule has 0 spiro atoms. The van der Waals surface area contributed by atoms with Gasteiger partial charge in [-0.2, -0.15) is 0 Å². The number of ether oxygens (including phenoxy) is 3. The second kappa shape index (κ2) is 12.6. The first-order chi connectivity index (χ1) is 21.9. The lowest BCUT2D eigenvalue weighted by Crippen LogP contribution is -2.40. The van der Waals surface area contributed by atoms with Crippen molar-refractivity contribution >= 4 is 35.0 Å². The van der Waals surface area contributed by atoms with Crippen molar-refractivity contribution in [3.05, 3.63) is 139 Å². The summed E-state index contributed by atoms with van der Waals surface area (Å²) >= 11 is 1.19. The lowest BCUT2D eigenvalue weighted by molar-refractivity contribution is -0.138. The number of carbonyl (C=O) groups excluding carboxylic acids is 2. The first kappa shape index (κ1) is 29.6. The summed E-state index contributed by atoms with van der Waals surface area (Å²) in [5, 5.41) is 0. The van der Waals surface area contributed by atoms with E-state index in [1.807, 2.05) is 42.5 Å². The molecule has 5 aromatic rings. The zero-order chi connectivity index (χ0) is 31.5. The normalized spacial score (nSPS) is 14.5. The molecule has 2 aromatic heterocycles. The number of thiazole rings is 1. The van der Waals surface area contributed by atoms with E-state index >= 15 is 0 Å². The smallest absolute Gasteiger partial charge is 0.338 e. The largest absolute Gasteiger partial charge is 0.497 e. The minimum Gasteiger partial charge on any atom is -0.497 e. The van der Waals surface area contributed by atoms with Crippen LogP contribution in [0.25, 0.3) is 23.1 Å². The second-order valence-corrected chi connectivity index (χ2v) is 11.0. The molecule has 0 aliphatic carbocycles. The standard InChI is InChI=1S/C35H28N2O7S/c1-4-43-34(40)29-30(21-10-6-5-7-11-21)36-35-37(31(29)22-14-16-23(41-2)17-15-22)32(38)28(45-35)20-24-18-19-27(44-24)25-12-8-9-13-26(25)33(39)42-3/h5-20,31H,4H2,1-3H3/b28-20+/t31-/m1/s1. The first-order valence-corrected chi connectivity index (χ1v) is 14.9. The molecule has 0 saturated heterocycles. The minimum atomic E-state index is -0.817. The predicted octanol–water partition coefficient (Wildman–Crippen LogP) is 4.99. The van der Waals surface area contributed by atoms with E-state index in [4.69, 9.17) is 23.6 Å². The number of methoxy groups -OCH3 is 2. The molecule has 9 nitrogen and oxygen atoms in total. The molecule has 0 fully saturated rings. The fourth-order valence-electron chi connectivity index (χ4n) is 5.23. The van der Waals surface area contributed by atoms with Crippen molar-refractivity contribution < 1.29 is 28.2 Å². The molecular formula is C35H28N2O7S. The molecule has 3 heterocycles. The summed E-state index contributed by atoms with van der Waals surface area (Å²) < 4.78 is 23.7. The molecule has 0 radical (unpaired) electrons. The van der Waals surface area contributed by atoms with E-state index in [1.165, 1.54) is 23.0 Å². The van der Waals surface area contributed by atoms with E-state index in [9.17, 15) is 14.4 Å².